The summed E-state index contributed by atoms with van der Waals surface area (Å²) >= 11 is 0. The van der Waals surface area contributed by atoms with Gasteiger partial charge >= 0.3 is 5.97 Å². The van der Waals surface area contributed by atoms with Crippen molar-refractivity contribution in [2.75, 3.05) is 6.54 Å². The Morgan fingerprint density at radius 1 is 1.42 bits per heavy atom. The van der Waals surface area contributed by atoms with E-state index in [1.165, 1.54) is 0 Å². The van der Waals surface area contributed by atoms with Crippen LogP contribution in [0.25, 0.3) is 0 Å². The zero-order chi connectivity index (χ0) is 14.3. The van der Waals surface area contributed by atoms with Gasteiger partial charge in [0.2, 0.25) is 0 Å². The average Bonchev–Trinajstić information content (AvgIpc) is 2.38. The molecule has 2 atom stereocenters. The zero-order valence-corrected chi connectivity index (χ0v) is 11.2. The third kappa shape index (κ3) is 5.56. The van der Waals surface area contributed by atoms with Crippen molar-refractivity contribution in [3.8, 4) is 11.8 Å². The van der Waals surface area contributed by atoms with Crippen LogP contribution in [0.15, 0.2) is 30.3 Å². The smallest absolute Gasteiger partial charge is 0.320 e. The Labute approximate surface area is 113 Å². The van der Waals surface area contributed by atoms with Crippen molar-refractivity contribution in [2.45, 2.75) is 31.9 Å². The summed E-state index contributed by atoms with van der Waals surface area (Å²) in [5, 5.41) is 21.8. The third-order valence-electron chi connectivity index (χ3n) is 2.65. The highest BCUT2D eigenvalue weighted by atomic mass is 16.4. The maximum atomic E-state index is 10.8. The van der Waals surface area contributed by atoms with Crippen LogP contribution in [0, 0.1) is 11.8 Å². The second-order valence-corrected chi connectivity index (χ2v) is 4.57. The van der Waals surface area contributed by atoms with Crippen LogP contribution in [0.4, 0.5) is 0 Å². The largest absolute Gasteiger partial charge is 0.480 e. The molecule has 1 rings (SSSR count). The summed E-state index contributed by atoms with van der Waals surface area (Å²) in [4.78, 5) is 10.8. The van der Waals surface area contributed by atoms with Gasteiger partial charge in [0.25, 0.3) is 0 Å². The van der Waals surface area contributed by atoms with E-state index in [0.29, 0.717) is 6.42 Å². The molecule has 0 saturated carbocycles. The van der Waals surface area contributed by atoms with Crippen LogP contribution in [0.2, 0.25) is 0 Å². The molecule has 0 saturated heterocycles. The van der Waals surface area contributed by atoms with Gasteiger partial charge in [0, 0.05) is 12.1 Å². The van der Waals surface area contributed by atoms with Crippen molar-refractivity contribution in [1.82, 2.24) is 5.32 Å². The Kier molecular flexibility index (Phi) is 5.56. The van der Waals surface area contributed by atoms with E-state index in [-0.39, 0.29) is 6.54 Å². The Balaban J connectivity index is 2.62. The summed E-state index contributed by atoms with van der Waals surface area (Å²) in [5.74, 6) is 4.69. The Hall–Kier alpha value is -1.83. The van der Waals surface area contributed by atoms with Gasteiger partial charge in [-0.3, -0.25) is 4.79 Å². The Morgan fingerprint density at radius 3 is 2.58 bits per heavy atom. The number of aliphatic carboxylic acids is 1. The summed E-state index contributed by atoms with van der Waals surface area (Å²) in [7, 11) is 0. The molecule has 0 heterocycles. The molecule has 1 aromatic carbocycles. The molecule has 1 aromatic rings. The van der Waals surface area contributed by atoms with E-state index in [0.717, 1.165) is 5.56 Å². The van der Waals surface area contributed by atoms with Gasteiger partial charge in [-0.15, -0.1) is 0 Å². The first-order chi connectivity index (χ1) is 8.94. The number of rotatable bonds is 5. The number of carbonyl (C=O) groups is 1. The molecule has 0 bridgehead atoms. The minimum absolute atomic E-state index is 0.109. The molecule has 102 valence electrons. The van der Waals surface area contributed by atoms with Crippen molar-refractivity contribution >= 4 is 5.97 Å². The van der Waals surface area contributed by atoms with Crippen LogP contribution in [0.1, 0.15) is 25.8 Å². The van der Waals surface area contributed by atoms with E-state index in [4.69, 9.17) is 5.11 Å². The lowest BCUT2D eigenvalue weighted by atomic mass is 10.1. The number of carboxylic acids is 1. The summed E-state index contributed by atoms with van der Waals surface area (Å²) in [6.07, 6.45) is 0.456. The Bertz CT molecular complexity index is 471. The number of aliphatic hydroxyl groups is 1. The molecule has 0 amide bonds. The first-order valence-corrected chi connectivity index (χ1v) is 6.21. The van der Waals surface area contributed by atoms with E-state index in [2.05, 4.69) is 17.2 Å². The predicted molar refractivity (Wildman–Crippen MR) is 73.7 cm³/mol. The molecule has 0 spiro atoms. The van der Waals surface area contributed by atoms with E-state index >= 15 is 0 Å². The van der Waals surface area contributed by atoms with E-state index in [1.54, 1.807) is 13.8 Å². The zero-order valence-electron chi connectivity index (χ0n) is 11.2. The number of hydrogen-bond acceptors (Lipinski definition) is 3. The average molecular weight is 261 g/mol. The first-order valence-electron chi connectivity index (χ1n) is 6.21. The van der Waals surface area contributed by atoms with Gasteiger partial charge in [-0.1, -0.05) is 37.0 Å². The van der Waals surface area contributed by atoms with Gasteiger partial charge in [-0.05, 0) is 25.5 Å². The molecule has 0 unspecified atom stereocenters. The fourth-order valence-electron chi connectivity index (χ4n) is 1.50. The second-order valence-electron chi connectivity index (χ2n) is 4.57. The van der Waals surface area contributed by atoms with Crippen molar-refractivity contribution in [2.24, 2.45) is 0 Å². The summed E-state index contributed by atoms with van der Waals surface area (Å²) in [5.41, 5.74) is -0.452. The lowest BCUT2D eigenvalue weighted by Gasteiger charge is -2.20. The molecule has 0 aliphatic carbocycles. The van der Waals surface area contributed by atoms with Crippen LogP contribution >= 0.6 is 0 Å². The van der Waals surface area contributed by atoms with Crippen molar-refractivity contribution in [3.05, 3.63) is 35.9 Å². The number of nitrogens with one attached hydrogen (secondary N) is 1. The van der Waals surface area contributed by atoms with Crippen LogP contribution in [0.5, 0.6) is 0 Å². The van der Waals surface area contributed by atoms with Crippen LogP contribution in [0.3, 0.4) is 0 Å². The maximum absolute atomic E-state index is 10.8. The molecular formula is C15H19NO3. The minimum Gasteiger partial charge on any atom is -0.480 e. The van der Waals surface area contributed by atoms with Gasteiger partial charge in [0.05, 0.1) is 0 Å². The second kappa shape index (κ2) is 6.93. The number of benzene rings is 1. The molecule has 3 N–H and O–H groups in total. The highest BCUT2D eigenvalue weighted by molar-refractivity contribution is 5.73. The molecule has 0 fully saturated rings. The van der Waals surface area contributed by atoms with Gasteiger partial charge < -0.3 is 15.5 Å². The number of hydrogen-bond donors (Lipinski definition) is 3. The quantitative estimate of drug-likeness (QED) is 0.698. The van der Waals surface area contributed by atoms with Crippen molar-refractivity contribution < 1.29 is 15.0 Å². The standard InChI is InChI=1S/C15H19NO3/c1-3-13(14(17)18)16-11-15(2,19)10-9-12-7-5-4-6-8-12/h4-8,13,16,19H,3,11H2,1-2H3,(H,17,18)/t13-,15+/m1/s1. The molecule has 0 aliphatic rings. The predicted octanol–water partition coefficient (Wildman–Crippen LogP) is 1.24. The SMILES string of the molecule is CC[C@@H](NC[C@@](C)(O)C#Cc1ccccc1)C(=O)O. The Morgan fingerprint density at radius 2 is 2.05 bits per heavy atom. The molecule has 19 heavy (non-hydrogen) atoms. The molecule has 0 radical (unpaired) electrons. The third-order valence-corrected chi connectivity index (χ3v) is 2.65. The molecular weight excluding hydrogens is 242 g/mol. The van der Waals surface area contributed by atoms with Gasteiger partial charge in [-0.25, -0.2) is 0 Å². The number of carboxylic acid groups (broad SMARTS) is 1. The topological polar surface area (TPSA) is 69.6 Å². The lowest BCUT2D eigenvalue weighted by Crippen LogP contribution is -2.44. The van der Waals surface area contributed by atoms with Crippen molar-refractivity contribution in [3.63, 3.8) is 0 Å². The van der Waals surface area contributed by atoms with Crippen LogP contribution in [-0.2, 0) is 4.79 Å². The van der Waals surface area contributed by atoms with E-state index in [9.17, 15) is 9.90 Å². The normalized spacial score (nSPS) is 14.9. The summed E-state index contributed by atoms with van der Waals surface area (Å²) < 4.78 is 0. The molecule has 4 heteroatoms. The highest BCUT2D eigenvalue weighted by Crippen LogP contribution is 2.03. The fourth-order valence-corrected chi connectivity index (χ4v) is 1.50. The molecule has 0 aliphatic heterocycles. The monoisotopic (exact) mass is 261 g/mol. The molecule has 4 nitrogen and oxygen atoms in total. The maximum Gasteiger partial charge on any atom is 0.320 e. The van der Waals surface area contributed by atoms with Crippen LogP contribution in [-0.4, -0.2) is 34.4 Å². The van der Waals surface area contributed by atoms with E-state index < -0.39 is 17.6 Å². The van der Waals surface area contributed by atoms with Gasteiger partial charge in [-0.2, -0.15) is 0 Å². The summed E-state index contributed by atoms with van der Waals surface area (Å²) in [6, 6.07) is 8.67. The van der Waals surface area contributed by atoms with Crippen LogP contribution < -0.4 is 5.32 Å². The molecule has 0 aromatic heterocycles. The fraction of sp³-hybridized carbons (Fsp3) is 0.400. The highest BCUT2D eigenvalue weighted by Gasteiger charge is 2.21. The van der Waals surface area contributed by atoms with Crippen molar-refractivity contribution in [1.29, 1.82) is 0 Å². The first kappa shape index (κ1) is 15.2. The summed E-state index contributed by atoms with van der Waals surface area (Å²) in [6.45, 7) is 3.44. The van der Waals surface area contributed by atoms with E-state index in [1.807, 2.05) is 30.3 Å². The van der Waals surface area contributed by atoms with Gasteiger partial charge in [0.1, 0.15) is 11.6 Å². The van der Waals surface area contributed by atoms with Gasteiger partial charge in [0.15, 0.2) is 0 Å². The minimum atomic E-state index is -1.27. The lowest BCUT2D eigenvalue weighted by molar-refractivity contribution is -0.139.